The van der Waals surface area contributed by atoms with E-state index >= 15 is 0 Å². The molecule has 1 saturated heterocycles. The number of amides is 1. The highest BCUT2D eigenvalue weighted by Gasteiger charge is 2.21. The second-order valence-corrected chi connectivity index (χ2v) is 3.88. The first-order valence-electron chi connectivity index (χ1n) is 5.38. The highest BCUT2D eigenvalue weighted by atomic mass is 16.5. The first-order chi connectivity index (χ1) is 7.72. The third-order valence-corrected chi connectivity index (χ3v) is 2.83. The molecule has 1 heterocycles. The Hall–Kier alpha value is -1.71. The highest BCUT2D eigenvalue weighted by Crippen LogP contribution is 2.25. The average Bonchev–Trinajstić information content (AvgIpc) is 2.81. The molecule has 2 rings (SSSR count). The normalized spacial score (nSPS) is 15.2. The maximum absolute atomic E-state index is 12.0. The van der Waals surface area contributed by atoms with Gasteiger partial charge < -0.3 is 14.7 Å². The van der Waals surface area contributed by atoms with Crippen molar-refractivity contribution in [2.24, 2.45) is 0 Å². The van der Waals surface area contributed by atoms with Crippen molar-refractivity contribution in [3.63, 3.8) is 0 Å². The largest absolute Gasteiger partial charge is 0.507 e. The van der Waals surface area contributed by atoms with E-state index in [0.717, 1.165) is 25.9 Å². The SMILES string of the molecule is COc1ccc(C(=O)N2CCCC2)c(O)c1. The number of likely N-dealkylation sites (tertiary alicyclic amines) is 1. The Morgan fingerprint density at radius 3 is 2.62 bits per heavy atom. The van der Waals surface area contributed by atoms with Gasteiger partial charge in [-0.15, -0.1) is 0 Å². The summed E-state index contributed by atoms with van der Waals surface area (Å²) >= 11 is 0. The molecular weight excluding hydrogens is 206 g/mol. The Bertz CT molecular complexity index is 397. The second kappa shape index (κ2) is 4.43. The molecule has 0 unspecified atom stereocenters. The molecule has 1 aromatic carbocycles. The molecule has 0 aliphatic carbocycles. The number of carbonyl (C=O) groups is 1. The Balaban J connectivity index is 2.22. The molecule has 0 saturated carbocycles. The Morgan fingerprint density at radius 1 is 1.38 bits per heavy atom. The second-order valence-electron chi connectivity index (χ2n) is 3.88. The molecule has 1 aliphatic heterocycles. The van der Waals surface area contributed by atoms with Crippen LogP contribution in [0.15, 0.2) is 18.2 Å². The van der Waals surface area contributed by atoms with E-state index in [9.17, 15) is 9.90 Å². The molecule has 1 aromatic rings. The van der Waals surface area contributed by atoms with Crippen LogP contribution in [0.2, 0.25) is 0 Å². The van der Waals surface area contributed by atoms with Gasteiger partial charge in [0.25, 0.3) is 5.91 Å². The zero-order valence-electron chi connectivity index (χ0n) is 9.27. The van der Waals surface area contributed by atoms with Crippen LogP contribution in [0.5, 0.6) is 11.5 Å². The third kappa shape index (κ3) is 1.96. The summed E-state index contributed by atoms with van der Waals surface area (Å²) in [7, 11) is 1.52. The van der Waals surface area contributed by atoms with Gasteiger partial charge in [-0.2, -0.15) is 0 Å². The van der Waals surface area contributed by atoms with Crippen LogP contribution in [0.25, 0.3) is 0 Å². The molecule has 0 atom stereocenters. The molecule has 86 valence electrons. The maximum Gasteiger partial charge on any atom is 0.257 e. The van der Waals surface area contributed by atoms with E-state index in [-0.39, 0.29) is 11.7 Å². The summed E-state index contributed by atoms with van der Waals surface area (Å²) < 4.78 is 4.97. The number of benzene rings is 1. The number of hydrogen-bond acceptors (Lipinski definition) is 3. The van der Waals surface area contributed by atoms with Crippen molar-refractivity contribution in [3.8, 4) is 11.5 Å². The van der Waals surface area contributed by atoms with Crippen LogP contribution in [-0.4, -0.2) is 36.1 Å². The number of ether oxygens (including phenoxy) is 1. The summed E-state index contributed by atoms with van der Waals surface area (Å²) in [4.78, 5) is 13.8. The summed E-state index contributed by atoms with van der Waals surface area (Å²) in [5, 5.41) is 9.73. The molecule has 1 fully saturated rings. The van der Waals surface area contributed by atoms with Crippen molar-refractivity contribution in [1.29, 1.82) is 0 Å². The molecule has 4 heteroatoms. The fourth-order valence-electron chi connectivity index (χ4n) is 1.91. The van der Waals surface area contributed by atoms with Crippen LogP contribution in [-0.2, 0) is 0 Å². The standard InChI is InChI=1S/C12H15NO3/c1-16-9-4-5-10(11(14)8-9)12(15)13-6-2-3-7-13/h4-5,8,14H,2-3,6-7H2,1H3. The van der Waals surface area contributed by atoms with Crippen LogP contribution < -0.4 is 4.74 Å². The Labute approximate surface area is 94.4 Å². The first kappa shape index (κ1) is 10.8. The fraction of sp³-hybridized carbons (Fsp3) is 0.417. The third-order valence-electron chi connectivity index (χ3n) is 2.83. The molecule has 16 heavy (non-hydrogen) atoms. The number of phenolic OH excluding ortho intramolecular Hbond substituents is 1. The number of nitrogens with zero attached hydrogens (tertiary/aromatic N) is 1. The van der Waals surface area contributed by atoms with Gasteiger partial charge in [-0.25, -0.2) is 0 Å². The lowest BCUT2D eigenvalue weighted by Gasteiger charge is -2.16. The summed E-state index contributed by atoms with van der Waals surface area (Å²) in [5.41, 5.74) is 0.350. The van der Waals surface area contributed by atoms with Gasteiger partial charge in [0, 0.05) is 19.2 Å². The summed E-state index contributed by atoms with van der Waals surface area (Å²) in [6.45, 7) is 1.56. The number of aromatic hydroxyl groups is 1. The Morgan fingerprint density at radius 2 is 2.06 bits per heavy atom. The summed E-state index contributed by atoms with van der Waals surface area (Å²) in [5.74, 6) is 0.435. The van der Waals surface area contributed by atoms with E-state index in [4.69, 9.17) is 4.74 Å². The van der Waals surface area contributed by atoms with E-state index in [2.05, 4.69) is 0 Å². The lowest BCUT2D eigenvalue weighted by molar-refractivity contribution is 0.0790. The zero-order valence-corrected chi connectivity index (χ0v) is 9.27. The smallest absolute Gasteiger partial charge is 0.257 e. The average molecular weight is 221 g/mol. The van der Waals surface area contributed by atoms with Gasteiger partial charge in [0.2, 0.25) is 0 Å². The van der Waals surface area contributed by atoms with E-state index in [1.54, 1.807) is 17.0 Å². The van der Waals surface area contributed by atoms with Crippen LogP contribution in [0, 0.1) is 0 Å². The number of phenols is 1. The molecular formula is C12H15NO3. The number of hydrogen-bond donors (Lipinski definition) is 1. The van der Waals surface area contributed by atoms with E-state index in [1.807, 2.05) is 0 Å². The van der Waals surface area contributed by atoms with Crippen molar-refractivity contribution in [2.45, 2.75) is 12.8 Å². The van der Waals surface area contributed by atoms with E-state index < -0.39 is 0 Å². The fourth-order valence-corrected chi connectivity index (χ4v) is 1.91. The van der Waals surface area contributed by atoms with Gasteiger partial charge in [-0.3, -0.25) is 4.79 Å². The number of methoxy groups -OCH3 is 1. The van der Waals surface area contributed by atoms with Crippen molar-refractivity contribution in [2.75, 3.05) is 20.2 Å². The molecule has 1 amide bonds. The number of rotatable bonds is 2. The lowest BCUT2D eigenvalue weighted by Crippen LogP contribution is -2.27. The maximum atomic E-state index is 12.0. The summed E-state index contributed by atoms with van der Waals surface area (Å²) in [6.07, 6.45) is 2.09. The predicted octanol–water partition coefficient (Wildman–Crippen LogP) is 1.64. The lowest BCUT2D eigenvalue weighted by atomic mass is 10.1. The van der Waals surface area contributed by atoms with Crippen molar-refractivity contribution in [1.82, 2.24) is 4.90 Å². The van der Waals surface area contributed by atoms with E-state index in [1.165, 1.54) is 13.2 Å². The molecule has 1 aliphatic rings. The molecule has 4 nitrogen and oxygen atoms in total. The van der Waals surface area contributed by atoms with Crippen LogP contribution >= 0.6 is 0 Å². The first-order valence-corrected chi connectivity index (χ1v) is 5.38. The summed E-state index contributed by atoms with van der Waals surface area (Å²) in [6, 6.07) is 4.75. The monoisotopic (exact) mass is 221 g/mol. The molecule has 1 N–H and O–H groups in total. The van der Waals surface area contributed by atoms with Crippen LogP contribution in [0.3, 0.4) is 0 Å². The van der Waals surface area contributed by atoms with Gasteiger partial charge in [0.05, 0.1) is 12.7 Å². The molecule has 0 spiro atoms. The van der Waals surface area contributed by atoms with Gasteiger partial charge in [-0.1, -0.05) is 0 Å². The van der Waals surface area contributed by atoms with Gasteiger partial charge >= 0.3 is 0 Å². The molecule has 0 radical (unpaired) electrons. The van der Waals surface area contributed by atoms with Crippen molar-refractivity contribution >= 4 is 5.91 Å². The predicted molar refractivity (Wildman–Crippen MR) is 59.8 cm³/mol. The molecule has 0 aromatic heterocycles. The molecule has 0 bridgehead atoms. The van der Waals surface area contributed by atoms with Gasteiger partial charge in [-0.05, 0) is 25.0 Å². The van der Waals surface area contributed by atoms with Crippen molar-refractivity contribution in [3.05, 3.63) is 23.8 Å². The van der Waals surface area contributed by atoms with Crippen LogP contribution in [0.4, 0.5) is 0 Å². The van der Waals surface area contributed by atoms with Gasteiger partial charge in [0.15, 0.2) is 0 Å². The zero-order chi connectivity index (χ0) is 11.5. The van der Waals surface area contributed by atoms with Gasteiger partial charge in [0.1, 0.15) is 11.5 Å². The topological polar surface area (TPSA) is 49.8 Å². The van der Waals surface area contributed by atoms with E-state index in [0.29, 0.717) is 11.3 Å². The minimum absolute atomic E-state index is 0.0174. The Kier molecular flexibility index (Phi) is 2.99. The number of carbonyl (C=O) groups excluding carboxylic acids is 1. The quantitative estimate of drug-likeness (QED) is 0.825. The van der Waals surface area contributed by atoms with Crippen molar-refractivity contribution < 1.29 is 14.6 Å². The highest BCUT2D eigenvalue weighted by molar-refractivity contribution is 5.97. The van der Waals surface area contributed by atoms with Crippen LogP contribution in [0.1, 0.15) is 23.2 Å². The minimum atomic E-state index is -0.0994. The minimum Gasteiger partial charge on any atom is -0.507 e.